The van der Waals surface area contributed by atoms with Crippen LogP contribution in [0, 0.1) is 11.7 Å². The van der Waals surface area contributed by atoms with E-state index in [1.54, 1.807) is 6.92 Å². The average molecular weight is 310 g/mol. The lowest BCUT2D eigenvalue weighted by Gasteiger charge is -2.20. The highest BCUT2D eigenvalue weighted by Crippen LogP contribution is 2.17. The van der Waals surface area contributed by atoms with Crippen LogP contribution < -0.4 is 10.6 Å². The van der Waals surface area contributed by atoms with Gasteiger partial charge in [0.1, 0.15) is 11.9 Å². The minimum Gasteiger partial charge on any atom is -0.480 e. The number of hydrogen-bond donors (Lipinski definition) is 3. The first-order chi connectivity index (χ1) is 10.3. The Bertz CT molecular complexity index is 589. The fraction of sp³-hybridized carbons (Fsp3) is 0.400. The van der Waals surface area contributed by atoms with Crippen LogP contribution in [-0.2, 0) is 9.59 Å². The summed E-state index contributed by atoms with van der Waals surface area (Å²) in [5, 5.41) is 13.8. The van der Waals surface area contributed by atoms with Crippen molar-refractivity contribution < 1.29 is 23.9 Å². The van der Waals surface area contributed by atoms with Crippen molar-refractivity contribution in [2.45, 2.75) is 33.2 Å². The van der Waals surface area contributed by atoms with Gasteiger partial charge >= 0.3 is 5.97 Å². The molecule has 3 N–H and O–H groups in total. The summed E-state index contributed by atoms with van der Waals surface area (Å²) in [6, 6.07) is 2.40. The van der Waals surface area contributed by atoms with Crippen LogP contribution in [-0.4, -0.2) is 28.9 Å². The first-order valence-electron chi connectivity index (χ1n) is 6.87. The summed E-state index contributed by atoms with van der Waals surface area (Å²) in [6.07, 6.45) is 0.581. The Morgan fingerprint density at radius 3 is 2.45 bits per heavy atom. The fourth-order valence-electron chi connectivity index (χ4n) is 1.86. The van der Waals surface area contributed by atoms with Crippen LogP contribution >= 0.6 is 0 Å². The molecule has 6 nitrogen and oxygen atoms in total. The molecule has 0 spiro atoms. The van der Waals surface area contributed by atoms with Crippen LogP contribution in [0.5, 0.6) is 0 Å². The Labute approximate surface area is 127 Å². The van der Waals surface area contributed by atoms with Gasteiger partial charge in [0.25, 0.3) is 5.91 Å². The molecule has 0 radical (unpaired) electrons. The summed E-state index contributed by atoms with van der Waals surface area (Å²) in [5.74, 6) is -3.18. The molecule has 2 unspecified atom stereocenters. The number of carboxylic acid groups (broad SMARTS) is 1. The van der Waals surface area contributed by atoms with Crippen LogP contribution in [0.4, 0.5) is 10.1 Å². The van der Waals surface area contributed by atoms with Crippen LogP contribution in [0.3, 0.4) is 0 Å². The quantitative estimate of drug-likeness (QED) is 0.749. The molecule has 120 valence electrons. The predicted octanol–water partition coefficient (Wildman–Crippen LogP) is 2.01. The number of halogens is 1. The van der Waals surface area contributed by atoms with Crippen LogP contribution in [0.25, 0.3) is 0 Å². The van der Waals surface area contributed by atoms with E-state index in [2.05, 4.69) is 10.6 Å². The molecule has 2 amide bonds. The molecule has 0 aromatic heterocycles. The van der Waals surface area contributed by atoms with Crippen molar-refractivity contribution in [3.63, 3.8) is 0 Å². The van der Waals surface area contributed by atoms with E-state index >= 15 is 0 Å². The first-order valence-corrected chi connectivity index (χ1v) is 6.87. The summed E-state index contributed by atoms with van der Waals surface area (Å²) in [7, 11) is 0. The minimum atomic E-state index is -1.13. The Morgan fingerprint density at radius 2 is 1.95 bits per heavy atom. The van der Waals surface area contributed by atoms with Gasteiger partial charge in [0.05, 0.1) is 5.69 Å². The van der Waals surface area contributed by atoms with Gasteiger partial charge in [0.15, 0.2) is 0 Å². The molecule has 1 aromatic rings. The third-order valence-corrected chi connectivity index (χ3v) is 3.30. The normalized spacial score (nSPS) is 13.1. The highest BCUT2D eigenvalue weighted by Gasteiger charge is 2.26. The zero-order valence-corrected chi connectivity index (χ0v) is 12.6. The minimum absolute atomic E-state index is 0.0692. The topological polar surface area (TPSA) is 95.5 Å². The number of carbonyl (C=O) groups excluding carboxylic acids is 2. The van der Waals surface area contributed by atoms with Gasteiger partial charge in [-0.15, -0.1) is 0 Å². The largest absolute Gasteiger partial charge is 0.480 e. The second-order valence-electron chi connectivity index (χ2n) is 5.05. The Morgan fingerprint density at radius 1 is 1.32 bits per heavy atom. The van der Waals surface area contributed by atoms with Gasteiger partial charge < -0.3 is 15.7 Å². The SMILES string of the molecule is CCC(C)C(NC(=O)c1ccc(F)c(NC(C)=O)c1)C(=O)O. The van der Waals surface area contributed by atoms with E-state index in [4.69, 9.17) is 5.11 Å². The van der Waals surface area contributed by atoms with E-state index in [0.717, 1.165) is 6.07 Å². The van der Waals surface area contributed by atoms with Crippen LogP contribution in [0.2, 0.25) is 0 Å². The van der Waals surface area contributed by atoms with E-state index in [0.29, 0.717) is 6.42 Å². The molecule has 0 saturated heterocycles. The van der Waals surface area contributed by atoms with Crippen LogP contribution in [0.1, 0.15) is 37.6 Å². The van der Waals surface area contributed by atoms with Gasteiger partial charge in [-0.1, -0.05) is 20.3 Å². The lowest BCUT2D eigenvalue weighted by molar-refractivity contribution is -0.140. The summed E-state index contributed by atoms with van der Waals surface area (Å²) in [4.78, 5) is 34.3. The number of hydrogen-bond acceptors (Lipinski definition) is 3. The Hall–Kier alpha value is -2.44. The lowest BCUT2D eigenvalue weighted by Crippen LogP contribution is -2.45. The number of amides is 2. The number of carboxylic acids is 1. The van der Waals surface area contributed by atoms with Gasteiger partial charge in [-0.25, -0.2) is 9.18 Å². The molecule has 0 heterocycles. The maximum atomic E-state index is 13.5. The summed E-state index contributed by atoms with van der Waals surface area (Å²) >= 11 is 0. The molecule has 22 heavy (non-hydrogen) atoms. The van der Waals surface area contributed by atoms with Crippen molar-refractivity contribution >= 4 is 23.5 Å². The maximum Gasteiger partial charge on any atom is 0.326 e. The van der Waals surface area contributed by atoms with Crippen molar-refractivity contribution in [3.8, 4) is 0 Å². The third-order valence-electron chi connectivity index (χ3n) is 3.30. The van der Waals surface area contributed by atoms with Crippen molar-refractivity contribution in [1.82, 2.24) is 5.32 Å². The molecule has 2 atom stereocenters. The molecule has 0 fully saturated rings. The molecule has 0 aliphatic carbocycles. The molecule has 1 aromatic carbocycles. The van der Waals surface area contributed by atoms with Gasteiger partial charge in [0.2, 0.25) is 5.91 Å². The van der Waals surface area contributed by atoms with Crippen molar-refractivity contribution in [3.05, 3.63) is 29.6 Å². The number of nitrogens with one attached hydrogen (secondary N) is 2. The number of aliphatic carboxylic acids is 1. The molecule has 0 aliphatic rings. The zero-order valence-electron chi connectivity index (χ0n) is 12.6. The first kappa shape index (κ1) is 17.6. The van der Waals surface area contributed by atoms with E-state index in [9.17, 15) is 18.8 Å². The van der Waals surface area contributed by atoms with Crippen molar-refractivity contribution in [2.24, 2.45) is 5.92 Å². The molecular weight excluding hydrogens is 291 g/mol. The number of benzene rings is 1. The fourth-order valence-corrected chi connectivity index (χ4v) is 1.86. The highest BCUT2D eigenvalue weighted by atomic mass is 19.1. The number of carbonyl (C=O) groups is 3. The number of rotatable bonds is 6. The monoisotopic (exact) mass is 310 g/mol. The van der Waals surface area contributed by atoms with E-state index in [1.165, 1.54) is 19.1 Å². The van der Waals surface area contributed by atoms with E-state index in [1.807, 2.05) is 6.92 Å². The summed E-state index contributed by atoms with van der Waals surface area (Å²) < 4.78 is 13.5. The predicted molar refractivity (Wildman–Crippen MR) is 79.0 cm³/mol. The third kappa shape index (κ3) is 4.54. The van der Waals surface area contributed by atoms with Crippen molar-refractivity contribution in [1.29, 1.82) is 0 Å². The van der Waals surface area contributed by atoms with Gasteiger partial charge in [0, 0.05) is 12.5 Å². The summed E-state index contributed by atoms with van der Waals surface area (Å²) in [5.41, 5.74) is -0.0599. The number of anilines is 1. The Balaban J connectivity index is 2.97. The van der Waals surface area contributed by atoms with Gasteiger partial charge in [-0.3, -0.25) is 9.59 Å². The maximum absolute atomic E-state index is 13.5. The average Bonchev–Trinajstić information content (AvgIpc) is 2.45. The molecule has 1 rings (SSSR count). The molecular formula is C15H19FN2O4. The van der Waals surface area contributed by atoms with Gasteiger partial charge in [-0.05, 0) is 24.1 Å². The molecule has 7 heteroatoms. The van der Waals surface area contributed by atoms with Gasteiger partial charge in [-0.2, -0.15) is 0 Å². The molecule has 0 bridgehead atoms. The molecule has 0 saturated carbocycles. The highest BCUT2D eigenvalue weighted by molar-refractivity contribution is 5.98. The summed E-state index contributed by atoms with van der Waals surface area (Å²) in [6.45, 7) is 4.75. The standard InChI is InChI=1S/C15H19FN2O4/c1-4-8(2)13(15(21)22)18-14(20)10-5-6-11(16)12(7-10)17-9(3)19/h5-8,13H,4H2,1-3H3,(H,17,19)(H,18,20)(H,21,22). The van der Waals surface area contributed by atoms with Crippen LogP contribution in [0.15, 0.2) is 18.2 Å². The van der Waals surface area contributed by atoms with E-state index in [-0.39, 0.29) is 17.2 Å². The second-order valence-corrected chi connectivity index (χ2v) is 5.05. The van der Waals surface area contributed by atoms with E-state index < -0.39 is 29.6 Å². The second kappa shape index (κ2) is 7.53. The smallest absolute Gasteiger partial charge is 0.326 e. The van der Waals surface area contributed by atoms with Crippen molar-refractivity contribution in [2.75, 3.05) is 5.32 Å². The Kier molecular flexibility index (Phi) is 6.03. The molecule has 0 aliphatic heterocycles. The zero-order chi connectivity index (χ0) is 16.9. The lowest BCUT2D eigenvalue weighted by atomic mass is 9.99.